The van der Waals surface area contributed by atoms with Crippen LogP contribution in [0.4, 0.5) is 13.2 Å². The summed E-state index contributed by atoms with van der Waals surface area (Å²) in [6, 6.07) is 12.3. The van der Waals surface area contributed by atoms with E-state index in [1.165, 1.54) is 11.3 Å². The second-order valence-electron chi connectivity index (χ2n) is 8.82. The molecule has 0 N–H and O–H groups in total. The average Bonchev–Trinajstić information content (AvgIpc) is 3.35. The zero-order valence-electron chi connectivity index (χ0n) is 19.5. The molecule has 37 heavy (non-hydrogen) atoms. The minimum absolute atomic E-state index is 0.111. The lowest BCUT2D eigenvalue weighted by molar-refractivity contribution is -0.137. The van der Waals surface area contributed by atoms with Gasteiger partial charge in [-0.05, 0) is 60.2 Å². The fraction of sp³-hybridized carbons (Fsp3) is 0.320. The van der Waals surface area contributed by atoms with E-state index in [0.717, 1.165) is 32.9 Å². The Hall–Kier alpha value is -3.09. The van der Waals surface area contributed by atoms with Crippen molar-refractivity contribution in [3.05, 3.63) is 76.0 Å². The molecule has 1 aliphatic heterocycles. The van der Waals surface area contributed by atoms with E-state index in [9.17, 15) is 26.4 Å². The van der Waals surface area contributed by atoms with Crippen LogP contribution in [0.5, 0.6) is 11.5 Å². The molecule has 1 aliphatic carbocycles. The summed E-state index contributed by atoms with van der Waals surface area (Å²) in [5.74, 6) is 0.716. The number of thiophene rings is 1. The first-order chi connectivity index (χ1) is 17.6. The standard InChI is InChI=1S/C25H23F3N2O5S2/c26-25(27,28)18-3-1-5-21(12-18)37(32,33)30(19-7-8-19)15-24(31)29(14-20-4-2-10-36-20)13-17-6-9-22-23(11-17)35-16-34-22/h1-6,9-12,19H,7-8,13-16H2. The maximum atomic E-state index is 13.5. The maximum absolute atomic E-state index is 13.5. The van der Waals surface area contributed by atoms with Gasteiger partial charge in [0.1, 0.15) is 0 Å². The minimum atomic E-state index is -4.69. The van der Waals surface area contributed by atoms with E-state index in [1.54, 1.807) is 23.1 Å². The van der Waals surface area contributed by atoms with E-state index in [-0.39, 0.29) is 19.9 Å². The molecule has 0 radical (unpaired) electrons. The summed E-state index contributed by atoms with van der Waals surface area (Å²) < 4.78 is 78.3. The highest BCUT2D eigenvalue weighted by atomic mass is 32.2. The number of amides is 1. The van der Waals surface area contributed by atoms with Gasteiger partial charge in [0.25, 0.3) is 0 Å². The van der Waals surface area contributed by atoms with Crippen LogP contribution >= 0.6 is 11.3 Å². The van der Waals surface area contributed by atoms with E-state index in [0.29, 0.717) is 30.4 Å². The Labute approximate surface area is 216 Å². The molecule has 5 rings (SSSR count). The van der Waals surface area contributed by atoms with Crippen LogP contribution in [0.3, 0.4) is 0 Å². The Kier molecular flexibility index (Phi) is 6.90. The first kappa shape index (κ1) is 25.6. The summed E-state index contributed by atoms with van der Waals surface area (Å²) in [4.78, 5) is 15.5. The SMILES string of the molecule is O=C(CN(C1CC1)S(=O)(=O)c1cccc(C(F)(F)F)c1)N(Cc1ccc2c(c1)OCO2)Cc1cccs1. The topological polar surface area (TPSA) is 76.2 Å². The van der Waals surface area contributed by atoms with Gasteiger partial charge in [-0.1, -0.05) is 18.2 Å². The van der Waals surface area contributed by atoms with Gasteiger partial charge < -0.3 is 14.4 Å². The van der Waals surface area contributed by atoms with Gasteiger partial charge in [0.05, 0.1) is 23.5 Å². The fourth-order valence-corrected chi connectivity index (χ4v) is 6.46. The summed E-state index contributed by atoms with van der Waals surface area (Å²) in [7, 11) is -4.34. The molecular weight excluding hydrogens is 529 g/mol. The number of nitrogens with zero attached hydrogens (tertiary/aromatic N) is 2. The van der Waals surface area contributed by atoms with Gasteiger partial charge in [-0.25, -0.2) is 8.42 Å². The summed E-state index contributed by atoms with van der Waals surface area (Å²) in [6.45, 7) is 0.0854. The average molecular weight is 553 g/mol. The van der Waals surface area contributed by atoms with Gasteiger partial charge in [-0.3, -0.25) is 4.79 Å². The molecule has 12 heteroatoms. The number of carbonyl (C=O) groups is 1. The van der Waals surface area contributed by atoms with Gasteiger partial charge in [0.2, 0.25) is 22.7 Å². The van der Waals surface area contributed by atoms with Crippen LogP contribution in [-0.4, -0.2) is 42.9 Å². The first-order valence-corrected chi connectivity index (χ1v) is 13.8. The zero-order chi connectivity index (χ0) is 26.2. The smallest absolute Gasteiger partial charge is 0.416 e. The summed E-state index contributed by atoms with van der Waals surface area (Å²) in [6.07, 6.45) is -3.61. The number of fused-ring (bicyclic) bond motifs is 1. The van der Waals surface area contributed by atoms with Crippen molar-refractivity contribution < 1.29 is 35.9 Å². The number of carbonyl (C=O) groups excluding carboxylic acids is 1. The molecule has 2 heterocycles. The number of benzene rings is 2. The summed E-state index contributed by atoms with van der Waals surface area (Å²) in [5, 5.41) is 1.88. The van der Waals surface area contributed by atoms with Crippen molar-refractivity contribution >= 4 is 27.3 Å². The summed E-state index contributed by atoms with van der Waals surface area (Å²) >= 11 is 1.47. The molecular formula is C25H23F3N2O5S2. The number of hydrogen-bond donors (Lipinski definition) is 0. The Balaban J connectivity index is 1.40. The van der Waals surface area contributed by atoms with Gasteiger partial charge in [-0.15, -0.1) is 11.3 Å². The zero-order valence-corrected chi connectivity index (χ0v) is 21.1. The maximum Gasteiger partial charge on any atom is 0.416 e. The Morgan fingerprint density at radius 1 is 1.00 bits per heavy atom. The third-order valence-corrected chi connectivity index (χ3v) is 8.86. The number of halogens is 3. The number of rotatable bonds is 9. The highest BCUT2D eigenvalue weighted by molar-refractivity contribution is 7.89. The minimum Gasteiger partial charge on any atom is -0.454 e. The number of alkyl halides is 3. The number of sulfonamides is 1. The predicted molar refractivity (Wildman–Crippen MR) is 129 cm³/mol. The fourth-order valence-electron chi connectivity index (χ4n) is 4.06. The molecule has 1 fully saturated rings. The van der Waals surface area contributed by atoms with Crippen LogP contribution in [0.25, 0.3) is 0 Å². The van der Waals surface area contributed by atoms with E-state index in [1.807, 2.05) is 17.5 Å². The van der Waals surface area contributed by atoms with Crippen LogP contribution in [0.2, 0.25) is 0 Å². The van der Waals surface area contributed by atoms with Crippen LogP contribution < -0.4 is 9.47 Å². The largest absolute Gasteiger partial charge is 0.454 e. The molecule has 0 saturated heterocycles. The highest BCUT2D eigenvalue weighted by Gasteiger charge is 2.41. The van der Waals surface area contributed by atoms with Crippen molar-refractivity contribution in [2.45, 2.75) is 43.0 Å². The van der Waals surface area contributed by atoms with Crippen molar-refractivity contribution in [1.29, 1.82) is 0 Å². The second kappa shape index (κ2) is 9.99. The third-order valence-electron chi connectivity index (χ3n) is 6.10. The Morgan fingerprint density at radius 2 is 1.78 bits per heavy atom. The van der Waals surface area contributed by atoms with E-state index in [2.05, 4.69) is 0 Å². The van der Waals surface area contributed by atoms with Crippen LogP contribution in [0, 0.1) is 0 Å². The lowest BCUT2D eigenvalue weighted by atomic mass is 10.2. The number of hydrogen-bond acceptors (Lipinski definition) is 6. The van der Waals surface area contributed by atoms with Crippen molar-refractivity contribution in [3.63, 3.8) is 0 Å². The normalized spacial score (nSPS) is 15.2. The third kappa shape index (κ3) is 5.76. The molecule has 2 aromatic carbocycles. The van der Waals surface area contributed by atoms with Crippen LogP contribution in [0.1, 0.15) is 28.8 Å². The molecule has 0 atom stereocenters. The Morgan fingerprint density at radius 3 is 2.49 bits per heavy atom. The highest BCUT2D eigenvalue weighted by Crippen LogP contribution is 2.36. The van der Waals surface area contributed by atoms with Crippen molar-refractivity contribution in [2.75, 3.05) is 13.3 Å². The molecule has 196 valence electrons. The molecule has 0 unspecified atom stereocenters. The van der Waals surface area contributed by atoms with Crippen molar-refractivity contribution in [2.24, 2.45) is 0 Å². The molecule has 0 spiro atoms. The van der Waals surface area contributed by atoms with Crippen molar-refractivity contribution in [1.82, 2.24) is 9.21 Å². The molecule has 1 saturated carbocycles. The van der Waals surface area contributed by atoms with E-state index >= 15 is 0 Å². The lowest BCUT2D eigenvalue weighted by Crippen LogP contribution is -2.43. The number of ether oxygens (including phenoxy) is 2. The van der Waals surface area contributed by atoms with Gasteiger partial charge in [-0.2, -0.15) is 17.5 Å². The molecule has 0 bridgehead atoms. The monoisotopic (exact) mass is 552 g/mol. The van der Waals surface area contributed by atoms with Crippen LogP contribution in [-0.2, 0) is 34.1 Å². The van der Waals surface area contributed by atoms with Gasteiger partial charge in [0, 0.05) is 17.5 Å². The quantitative estimate of drug-likeness (QED) is 0.378. The molecule has 7 nitrogen and oxygen atoms in total. The van der Waals surface area contributed by atoms with E-state index < -0.39 is 45.2 Å². The van der Waals surface area contributed by atoms with Gasteiger partial charge in [0.15, 0.2) is 11.5 Å². The molecule has 2 aliphatic rings. The molecule has 3 aromatic rings. The predicted octanol–water partition coefficient (Wildman–Crippen LogP) is 4.88. The van der Waals surface area contributed by atoms with Gasteiger partial charge >= 0.3 is 6.18 Å². The second-order valence-corrected chi connectivity index (χ2v) is 11.7. The first-order valence-electron chi connectivity index (χ1n) is 11.5. The lowest BCUT2D eigenvalue weighted by Gasteiger charge is -2.27. The Bertz CT molecular complexity index is 1390. The van der Waals surface area contributed by atoms with Crippen molar-refractivity contribution in [3.8, 4) is 11.5 Å². The molecule has 1 amide bonds. The van der Waals surface area contributed by atoms with E-state index in [4.69, 9.17) is 9.47 Å². The van der Waals surface area contributed by atoms with Crippen LogP contribution in [0.15, 0.2) is 64.9 Å². The summed E-state index contributed by atoms with van der Waals surface area (Å²) in [5.41, 5.74) is -0.286. The molecule has 1 aromatic heterocycles.